The fourth-order valence-electron chi connectivity index (χ4n) is 2.13. The molecule has 5 nitrogen and oxygen atoms in total. The Hall–Kier alpha value is -1.62. The van der Waals surface area contributed by atoms with Gasteiger partial charge in [-0.3, -0.25) is 4.79 Å². The minimum absolute atomic E-state index is 0.143. The van der Waals surface area contributed by atoms with E-state index in [0.717, 1.165) is 29.6 Å². The quantitative estimate of drug-likeness (QED) is 0.690. The lowest BCUT2D eigenvalue weighted by Crippen LogP contribution is -2.08. The molecule has 2 aromatic rings. The van der Waals surface area contributed by atoms with Crippen LogP contribution in [0.5, 0.6) is 0 Å². The standard InChI is InChI=1S/C13H14ClN3O2/c1-2-19-11(18)6-10-15-8-5-9(14)16-12(7-3-4-7)13(8)17-10/h5,7H,2-4,6H2,1H3,(H,15,17). The fourth-order valence-corrected chi connectivity index (χ4v) is 2.33. The van der Waals surface area contributed by atoms with Crippen LogP contribution in [0.3, 0.4) is 0 Å². The fraction of sp³-hybridized carbons (Fsp3) is 0.462. The number of hydrogen-bond donors (Lipinski definition) is 1. The summed E-state index contributed by atoms with van der Waals surface area (Å²) in [5.74, 6) is 0.771. The first kappa shape index (κ1) is 12.4. The topological polar surface area (TPSA) is 67.9 Å². The van der Waals surface area contributed by atoms with E-state index in [1.165, 1.54) is 0 Å². The number of nitrogens with one attached hydrogen (secondary N) is 1. The lowest BCUT2D eigenvalue weighted by molar-refractivity contribution is -0.142. The lowest BCUT2D eigenvalue weighted by Gasteiger charge is -1.99. The van der Waals surface area contributed by atoms with E-state index >= 15 is 0 Å². The molecule has 2 aromatic heterocycles. The van der Waals surface area contributed by atoms with E-state index in [0.29, 0.717) is 23.5 Å². The third-order valence-electron chi connectivity index (χ3n) is 3.10. The van der Waals surface area contributed by atoms with Gasteiger partial charge in [0.1, 0.15) is 22.9 Å². The molecule has 1 fully saturated rings. The van der Waals surface area contributed by atoms with Crippen molar-refractivity contribution >= 4 is 28.6 Å². The minimum atomic E-state index is -0.284. The molecule has 0 bridgehead atoms. The van der Waals surface area contributed by atoms with Crippen molar-refractivity contribution in [1.82, 2.24) is 15.0 Å². The molecule has 0 spiro atoms. The molecular weight excluding hydrogens is 266 g/mol. The molecule has 6 heteroatoms. The number of H-pyrrole nitrogens is 1. The molecule has 2 heterocycles. The minimum Gasteiger partial charge on any atom is -0.466 e. The van der Waals surface area contributed by atoms with Crippen LogP contribution < -0.4 is 0 Å². The van der Waals surface area contributed by atoms with Crippen LogP contribution >= 0.6 is 11.6 Å². The predicted molar refractivity (Wildman–Crippen MR) is 71.2 cm³/mol. The summed E-state index contributed by atoms with van der Waals surface area (Å²) in [5, 5.41) is 0.459. The number of carbonyl (C=O) groups is 1. The molecule has 1 saturated carbocycles. The normalized spacial score (nSPS) is 14.8. The number of aromatic amines is 1. The Morgan fingerprint density at radius 3 is 3.00 bits per heavy atom. The number of pyridine rings is 1. The smallest absolute Gasteiger partial charge is 0.313 e. The third-order valence-corrected chi connectivity index (χ3v) is 3.29. The largest absolute Gasteiger partial charge is 0.466 e. The van der Waals surface area contributed by atoms with Gasteiger partial charge in [-0.05, 0) is 19.8 Å². The SMILES string of the molecule is CCOC(=O)Cc1nc2c(C3CC3)nc(Cl)cc2[nH]1. The molecule has 1 aliphatic rings. The monoisotopic (exact) mass is 279 g/mol. The van der Waals surface area contributed by atoms with Crippen LogP contribution in [0.15, 0.2) is 6.07 Å². The van der Waals surface area contributed by atoms with Gasteiger partial charge in [-0.1, -0.05) is 11.6 Å². The molecule has 3 rings (SSSR count). The van der Waals surface area contributed by atoms with Crippen molar-refractivity contribution in [2.45, 2.75) is 32.1 Å². The van der Waals surface area contributed by atoms with E-state index < -0.39 is 0 Å². The maximum absolute atomic E-state index is 11.5. The summed E-state index contributed by atoms with van der Waals surface area (Å²) in [5.41, 5.74) is 2.60. The predicted octanol–water partition coefficient (Wildman–Crippen LogP) is 2.59. The maximum atomic E-state index is 11.5. The van der Waals surface area contributed by atoms with Gasteiger partial charge in [0.05, 0.1) is 17.8 Å². The van der Waals surface area contributed by atoms with Crippen LogP contribution in [0, 0.1) is 0 Å². The second kappa shape index (κ2) is 4.81. The van der Waals surface area contributed by atoms with Crippen LogP contribution in [-0.2, 0) is 16.0 Å². The van der Waals surface area contributed by atoms with Gasteiger partial charge in [-0.2, -0.15) is 0 Å². The number of rotatable bonds is 4. The van der Waals surface area contributed by atoms with Crippen molar-refractivity contribution in [2.75, 3.05) is 6.61 Å². The summed E-state index contributed by atoms with van der Waals surface area (Å²) in [6.45, 7) is 2.16. The molecule has 19 heavy (non-hydrogen) atoms. The van der Waals surface area contributed by atoms with E-state index in [1.54, 1.807) is 13.0 Å². The number of hydrogen-bond acceptors (Lipinski definition) is 4. The highest BCUT2D eigenvalue weighted by atomic mass is 35.5. The third kappa shape index (κ3) is 2.56. The zero-order valence-corrected chi connectivity index (χ0v) is 11.3. The molecule has 0 saturated heterocycles. The molecule has 1 aliphatic carbocycles. The van der Waals surface area contributed by atoms with Crippen LogP contribution in [0.4, 0.5) is 0 Å². The Morgan fingerprint density at radius 2 is 2.32 bits per heavy atom. The first-order chi connectivity index (χ1) is 9.17. The van der Waals surface area contributed by atoms with Crippen LogP contribution in [0.2, 0.25) is 5.15 Å². The van der Waals surface area contributed by atoms with E-state index in [1.807, 2.05) is 0 Å². The molecule has 0 aromatic carbocycles. The first-order valence-corrected chi connectivity index (χ1v) is 6.76. The number of imidazole rings is 1. The Labute approximate surface area is 115 Å². The number of ether oxygens (including phenoxy) is 1. The highest BCUT2D eigenvalue weighted by Crippen LogP contribution is 2.42. The van der Waals surface area contributed by atoms with E-state index in [9.17, 15) is 4.79 Å². The Kier molecular flexibility index (Phi) is 3.14. The van der Waals surface area contributed by atoms with Gasteiger partial charge in [0, 0.05) is 12.0 Å². The molecular formula is C13H14ClN3O2. The molecule has 0 amide bonds. The summed E-state index contributed by atoms with van der Waals surface area (Å²) in [6, 6.07) is 1.74. The molecule has 1 N–H and O–H groups in total. The van der Waals surface area contributed by atoms with Gasteiger partial charge in [0.15, 0.2) is 0 Å². The van der Waals surface area contributed by atoms with Crippen molar-refractivity contribution in [3.05, 3.63) is 22.7 Å². The van der Waals surface area contributed by atoms with Gasteiger partial charge in [-0.15, -0.1) is 0 Å². The summed E-state index contributed by atoms with van der Waals surface area (Å²) < 4.78 is 4.91. The Morgan fingerprint density at radius 1 is 1.53 bits per heavy atom. The van der Waals surface area contributed by atoms with Crippen molar-refractivity contribution < 1.29 is 9.53 Å². The molecule has 100 valence electrons. The molecule has 0 atom stereocenters. The van der Waals surface area contributed by atoms with E-state index in [2.05, 4.69) is 15.0 Å². The summed E-state index contributed by atoms with van der Waals surface area (Å²) in [7, 11) is 0. The van der Waals surface area contributed by atoms with E-state index in [-0.39, 0.29) is 12.4 Å². The van der Waals surface area contributed by atoms with Crippen LogP contribution in [0.1, 0.15) is 37.2 Å². The average molecular weight is 280 g/mol. The van der Waals surface area contributed by atoms with Crippen molar-refractivity contribution in [3.8, 4) is 0 Å². The molecule has 0 radical (unpaired) electrons. The molecule has 0 unspecified atom stereocenters. The number of carbonyl (C=O) groups excluding carboxylic acids is 1. The zero-order valence-electron chi connectivity index (χ0n) is 10.6. The second-order valence-corrected chi connectivity index (χ2v) is 5.05. The van der Waals surface area contributed by atoms with Crippen LogP contribution in [-0.4, -0.2) is 27.5 Å². The van der Waals surface area contributed by atoms with Crippen molar-refractivity contribution in [3.63, 3.8) is 0 Å². The Bertz CT molecular complexity index is 634. The second-order valence-electron chi connectivity index (χ2n) is 4.67. The highest BCUT2D eigenvalue weighted by molar-refractivity contribution is 6.30. The number of esters is 1. The van der Waals surface area contributed by atoms with Gasteiger partial charge in [-0.25, -0.2) is 9.97 Å². The van der Waals surface area contributed by atoms with Gasteiger partial charge in [0.2, 0.25) is 0 Å². The van der Waals surface area contributed by atoms with Crippen molar-refractivity contribution in [2.24, 2.45) is 0 Å². The highest BCUT2D eigenvalue weighted by Gasteiger charge is 2.28. The number of aromatic nitrogens is 3. The van der Waals surface area contributed by atoms with Gasteiger partial charge in [0.25, 0.3) is 0 Å². The maximum Gasteiger partial charge on any atom is 0.313 e. The van der Waals surface area contributed by atoms with Gasteiger partial charge >= 0.3 is 5.97 Å². The van der Waals surface area contributed by atoms with Crippen LogP contribution in [0.25, 0.3) is 11.0 Å². The average Bonchev–Trinajstić information content (AvgIpc) is 3.10. The number of fused-ring (bicyclic) bond motifs is 1. The number of nitrogens with zero attached hydrogens (tertiary/aromatic N) is 2. The zero-order chi connectivity index (χ0) is 13.4. The number of halogens is 1. The summed E-state index contributed by atoms with van der Waals surface area (Å²) in [6.07, 6.45) is 2.40. The summed E-state index contributed by atoms with van der Waals surface area (Å²) >= 11 is 6.01. The van der Waals surface area contributed by atoms with Crippen molar-refractivity contribution in [1.29, 1.82) is 0 Å². The lowest BCUT2D eigenvalue weighted by atomic mass is 10.2. The summed E-state index contributed by atoms with van der Waals surface area (Å²) in [4.78, 5) is 23.4. The first-order valence-electron chi connectivity index (χ1n) is 6.38. The van der Waals surface area contributed by atoms with E-state index in [4.69, 9.17) is 16.3 Å². The molecule has 0 aliphatic heterocycles. The van der Waals surface area contributed by atoms with Gasteiger partial charge < -0.3 is 9.72 Å². The Balaban J connectivity index is 1.95.